The number of aromatic nitrogens is 2. The number of hydrogen-bond donors (Lipinski definition) is 3. The molecule has 3 N–H and O–H groups in total. The largest absolute Gasteiger partial charge is 0.387 e. The minimum atomic E-state index is -2.67. The Morgan fingerprint density at radius 1 is 1.05 bits per heavy atom. The molecule has 1 aromatic heterocycles. The van der Waals surface area contributed by atoms with Gasteiger partial charge in [0.05, 0.1) is 25.4 Å². The third-order valence-corrected chi connectivity index (χ3v) is 10.6. The molecule has 3 aromatic rings. The minimum Gasteiger partial charge on any atom is -0.387 e. The molecule has 4 atom stereocenters. The van der Waals surface area contributed by atoms with Gasteiger partial charge in [0.2, 0.25) is 0 Å². The highest BCUT2D eigenvalue weighted by atomic mass is 28.3. The number of rotatable bonds is 11. The van der Waals surface area contributed by atoms with Gasteiger partial charge in [-0.2, -0.15) is 0 Å². The van der Waals surface area contributed by atoms with Crippen LogP contribution in [0.3, 0.4) is 0 Å². The van der Waals surface area contributed by atoms with Crippen molar-refractivity contribution in [3.8, 4) is 0 Å². The van der Waals surface area contributed by atoms with E-state index in [4.69, 9.17) is 19.0 Å². The number of aliphatic hydroxyl groups excluding tert-OH is 1. The zero-order valence-corrected chi connectivity index (χ0v) is 24.8. The normalized spacial score (nSPS) is 23.1. The first-order valence-electron chi connectivity index (χ1n) is 13.4. The van der Waals surface area contributed by atoms with E-state index in [1.807, 2.05) is 81.4 Å². The second kappa shape index (κ2) is 12.7. The van der Waals surface area contributed by atoms with Crippen molar-refractivity contribution in [3.05, 3.63) is 93.3 Å². The second-order valence-corrected chi connectivity index (χ2v) is 13.9. The van der Waals surface area contributed by atoms with E-state index in [1.54, 1.807) is 14.0 Å². The monoisotopic (exact) mass is 569 g/mol. The maximum absolute atomic E-state index is 13.7. The van der Waals surface area contributed by atoms with Gasteiger partial charge in [0, 0.05) is 18.8 Å². The maximum Gasteiger partial charge on any atom is 0.330 e. The Morgan fingerprint density at radius 2 is 1.65 bits per heavy atom. The van der Waals surface area contributed by atoms with Crippen molar-refractivity contribution in [1.29, 1.82) is 0 Å². The molecule has 40 heavy (non-hydrogen) atoms. The molecule has 0 spiro atoms. The van der Waals surface area contributed by atoms with Crippen LogP contribution < -0.4 is 27.1 Å². The lowest BCUT2D eigenvalue weighted by Gasteiger charge is -2.42. The summed E-state index contributed by atoms with van der Waals surface area (Å²) in [5.41, 5.74) is 1.32. The highest BCUT2D eigenvalue weighted by Gasteiger charge is 2.62. The summed E-state index contributed by atoms with van der Waals surface area (Å²) in [4.78, 5) is 33.8. The molecule has 10 nitrogen and oxygen atoms in total. The van der Waals surface area contributed by atoms with E-state index in [0.717, 1.165) is 10.4 Å². The summed E-state index contributed by atoms with van der Waals surface area (Å²) in [5.74, 6) is 0. The van der Waals surface area contributed by atoms with Gasteiger partial charge in [-0.15, -0.1) is 0 Å². The number of H-pyrrole nitrogens is 1. The fourth-order valence-electron chi connectivity index (χ4n) is 5.17. The first-order valence-corrected chi connectivity index (χ1v) is 15.1. The Balaban J connectivity index is 2.00. The minimum absolute atomic E-state index is 0.0705. The van der Waals surface area contributed by atoms with Crippen LogP contribution >= 0.6 is 0 Å². The zero-order valence-electron chi connectivity index (χ0n) is 23.6. The Labute approximate surface area is 235 Å². The van der Waals surface area contributed by atoms with Crippen LogP contribution in [-0.4, -0.2) is 74.2 Å². The number of aliphatic hydroxyl groups is 1. The Bertz CT molecular complexity index is 1320. The summed E-state index contributed by atoms with van der Waals surface area (Å²) < 4.78 is 20.8. The van der Waals surface area contributed by atoms with E-state index in [9.17, 15) is 14.7 Å². The Kier molecular flexibility index (Phi) is 9.57. The van der Waals surface area contributed by atoms with E-state index in [1.165, 1.54) is 10.8 Å². The molecule has 0 amide bonds. The lowest BCUT2D eigenvalue weighted by atomic mass is 10.1. The van der Waals surface area contributed by atoms with Gasteiger partial charge in [-0.3, -0.25) is 19.2 Å². The number of nitrogens with one attached hydrogen (secondary N) is 2. The maximum atomic E-state index is 13.7. The van der Waals surface area contributed by atoms with Crippen molar-refractivity contribution in [2.75, 3.05) is 26.9 Å². The van der Waals surface area contributed by atoms with Gasteiger partial charge in [0.25, 0.3) is 5.56 Å². The van der Waals surface area contributed by atoms with Crippen LogP contribution in [0.4, 0.5) is 0 Å². The van der Waals surface area contributed by atoms with Gasteiger partial charge in [0.1, 0.15) is 18.3 Å². The standard InChI is InChI=1S/C29H39N3O7Si/c1-20-18-32(27(35)31-26(20)34)29(40(21-12-8-6-9-13-21)22-14-10-7-11-15-22)25(36-16-17-38-30-5)24(33)23(39-29)19-37-28(2,3)4/h6-15,18,23-25,30,33,40H,16-17,19H2,1-5H3,(H,31,34,35)/t23-,24-,25-,29+/m1/s1. The number of hydroxylamine groups is 1. The van der Waals surface area contributed by atoms with Crippen molar-refractivity contribution in [3.63, 3.8) is 0 Å². The average Bonchev–Trinajstić information content (AvgIpc) is 3.20. The lowest BCUT2D eigenvalue weighted by molar-refractivity contribution is -0.131. The van der Waals surface area contributed by atoms with E-state index in [-0.39, 0.29) is 19.8 Å². The molecule has 1 fully saturated rings. The summed E-state index contributed by atoms with van der Waals surface area (Å²) in [6, 6.07) is 19.6. The fourth-order valence-corrected chi connectivity index (χ4v) is 9.13. The molecule has 0 saturated carbocycles. The fraction of sp³-hybridized carbons (Fsp3) is 0.448. The van der Waals surface area contributed by atoms with Crippen molar-refractivity contribution >= 4 is 19.2 Å². The molecule has 2 aromatic carbocycles. The van der Waals surface area contributed by atoms with Crippen LogP contribution in [0.15, 0.2) is 76.4 Å². The molecular weight excluding hydrogens is 530 g/mol. The van der Waals surface area contributed by atoms with Gasteiger partial charge in [-0.05, 0) is 27.7 Å². The van der Waals surface area contributed by atoms with Crippen molar-refractivity contribution in [1.82, 2.24) is 15.0 Å². The van der Waals surface area contributed by atoms with E-state index < -0.39 is 49.3 Å². The smallest absolute Gasteiger partial charge is 0.330 e. The number of aryl methyl sites for hydroxylation is 1. The van der Waals surface area contributed by atoms with Crippen LogP contribution in [0.1, 0.15) is 26.3 Å². The number of benzene rings is 2. The van der Waals surface area contributed by atoms with E-state index in [0.29, 0.717) is 5.56 Å². The second-order valence-electron chi connectivity index (χ2n) is 10.9. The molecule has 0 aliphatic carbocycles. The summed E-state index contributed by atoms with van der Waals surface area (Å²) in [5, 5.41) is 12.3. The Morgan fingerprint density at radius 3 is 2.20 bits per heavy atom. The van der Waals surface area contributed by atoms with E-state index >= 15 is 0 Å². The molecule has 216 valence electrons. The Hall–Kier alpha value is -2.90. The van der Waals surface area contributed by atoms with Crippen molar-refractivity contribution in [2.45, 2.75) is 57.0 Å². The summed E-state index contributed by atoms with van der Waals surface area (Å²) >= 11 is 0. The summed E-state index contributed by atoms with van der Waals surface area (Å²) in [6.07, 6.45) is -1.47. The number of hydrogen-bond acceptors (Lipinski definition) is 8. The van der Waals surface area contributed by atoms with Gasteiger partial charge < -0.3 is 19.3 Å². The lowest BCUT2D eigenvalue weighted by Crippen LogP contribution is -2.69. The van der Waals surface area contributed by atoms with Crippen LogP contribution in [0.25, 0.3) is 0 Å². The summed E-state index contributed by atoms with van der Waals surface area (Å²) in [7, 11) is -1.02. The van der Waals surface area contributed by atoms with Crippen molar-refractivity contribution in [2.24, 2.45) is 0 Å². The third-order valence-electron chi connectivity index (χ3n) is 6.92. The molecule has 0 radical (unpaired) electrons. The van der Waals surface area contributed by atoms with Crippen LogP contribution in [0.5, 0.6) is 0 Å². The molecule has 1 aliphatic rings. The summed E-state index contributed by atoms with van der Waals surface area (Å²) in [6.45, 7) is 7.78. The molecule has 0 unspecified atom stereocenters. The third kappa shape index (κ3) is 6.36. The number of ether oxygens (including phenoxy) is 3. The quantitative estimate of drug-likeness (QED) is 0.170. The molecule has 4 rings (SSSR count). The molecular formula is C29H39N3O7Si. The van der Waals surface area contributed by atoms with Gasteiger partial charge in [-0.1, -0.05) is 71.0 Å². The zero-order chi connectivity index (χ0) is 28.9. The molecule has 1 saturated heterocycles. The molecule has 0 bridgehead atoms. The number of nitrogens with zero attached hydrogens (tertiary/aromatic N) is 1. The SMILES string of the molecule is CNOCCO[C@@H]1[C@H](O)[C@@H](COC(C)(C)C)O[C@]1(n1cc(C)c(=O)[nH]c1=O)[SiH](c1ccccc1)c1ccccc1. The topological polar surface area (TPSA) is 124 Å². The van der Waals surface area contributed by atoms with Gasteiger partial charge in [0.15, 0.2) is 14.1 Å². The average molecular weight is 570 g/mol. The van der Waals surface area contributed by atoms with Gasteiger partial charge >= 0.3 is 5.69 Å². The molecule has 2 heterocycles. The van der Waals surface area contributed by atoms with Gasteiger partial charge in [-0.25, -0.2) is 10.3 Å². The molecule has 11 heteroatoms. The molecule has 1 aliphatic heterocycles. The predicted octanol–water partition coefficient (Wildman–Crippen LogP) is 0.190. The number of aromatic amines is 1. The van der Waals surface area contributed by atoms with Crippen molar-refractivity contribution < 1.29 is 24.2 Å². The van der Waals surface area contributed by atoms with Crippen LogP contribution in [0, 0.1) is 6.92 Å². The van der Waals surface area contributed by atoms with Crippen LogP contribution in [0.2, 0.25) is 0 Å². The predicted molar refractivity (Wildman–Crippen MR) is 155 cm³/mol. The first-order chi connectivity index (χ1) is 19.1. The van der Waals surface area contributed by atoms with E-state index in [2.05, 4.69) is 10.5 Å². The highest BCUT2D eigenvalue weighted by Crippen LogP contribution is 2.40. The highest BCUT2D eigenvalue weighted by molar-refractivity contribution is 6.86. The first kappa shape index (κ1) is 30.1. The van der Waals surface area contributed by atoms with Crippen LogP contribution in [-0.2, 0) is 24.4 Å².